The smallest absolute Gasteiger partial charge is 0.248 e. The molecule has 130 valence electrons. The SMILES string of the molecule is Cc1ccccc1-c1nnc(CNS(=O)(=O)c2ccc(F)cc2C)o1. The number of nitrogens with one attached hydrogen (secondary N) is 1. The standard InChI is InChI=1S/C17H16FN3O3S/c1-11-5-3-4-6-14(11)17-21-20-16(24-17)10-19-25(22,23)15-8-7-13(18)9-12(15)2/h3-9,19H,10H2,1-2H3. The zero-order valence-electron chi connectivity index (χ0n) is 13.7. The van der Waals surface area contributed by atoms with Crippen molar-refractivity contribution in [2.45, 2.75) is 25.3 Å². The fourth-order valence-corrected chi connectivity index (χ4v) is 3.59. The molecule has 1 N–H and O–H groups in total. The quantitative estimate of drug-likeness (QED) is 0.755. The molecule has 1 heterocycles. The summed E-state index contributed by atoms with van der Waals surface area (Å²) in [5.74, 6) is -0.0249. The van der Waals surface area contributed by atoms with Crippen LogP contribution in [0.2, 0.25) is 0 Å². The van der Waals surface area contributed by atoms with Gasteiger partial charge in [0.2, 0.25) is 21.8 Å². The highest BCUT2D eigenvalue weighted by molar-refractivity contribution is 7.89. The minimum absolute atomic E-state index is 0.00698. The van der Waals surface area contributed by atoms with Gasteiger partial charge in [0.05, 0.1) is 11.4 Å². The maximum absolute atomic E-state index is 13.1. The second-order valence-corrected chi connectivity index (χ2v) is 7.29. The Labute approximate surface area is 144 Å². The number of sulfonamides is 1. The topological polar surface area (TPSA) is 85.1 Å². The van der Waals surface area contributed by atoms with Gasteiger partial charge in [-0.1, -0.05) is 18.2 Å². The van der Waals surface area contributed by atoms with Crippen molar-refractivity contribution < 1.29 is 17.2 Å². The van der Waals surface area contributed by atoms with E-state index in [4.69, 9.17) is 4.42 Å². The zero-order valence-corrected chi connectivity index (χ0v) is 14.5. The van der Waals surface area contributed by atoms with E-state index in [0.717, 1.165) is 23.3 Å². The molecule has 0 radical (unpaired) electrons. The van der Waals surface area contributed by atoms with Crippen LogP contribution < -0.4 is 4.72 Å². The maximum atomic E-state index is 13.1. The number of rotatable bonds is 5. The molecule has 0 spiro atoms. The zero-order chi connectivity index (χ0) is 18.0. The molecule has 0 amide bonds. The van der Waals surface area contributed by atoms with Crippen LogP contribution in [-0.2, 0) is 16.6 Å². The van der Waals surface area contributed by atoms with Crippen molar-refractivity contribution in [2.75, 3.05) is 0 Å². The molecule has 8 heteroatoms. The predicted molar refractivity (Wildman–Crippen MR) is 89.6 cm³/mol. The molecule has 25 heavy (non-hydrogen) atoms. The van der Waals surface area contributed by atoms with Crippen LogP contribution in [0.25, 0.3) is 11.5 Å². The van der Waals surface area contributed by atoms with Gasteiger partial charge in [-0.3, -0.25) is 0 Å². The van der Waals surface area contributed by atoms with E-state index in [1.54, 1.807) is 0 Å². The lowest BCUT2D eigenvalue weighted by Crippen LogP contribution is -2.24. The fourth-order valence-electron chi connectivity index (χ4n) is 2.40. The summed E-state index contributed by atoms with van der Waals surface area (Å²) in [6.45, 7) is 3.29. The van der Waals surface area contributed by atoms with Gasteiger partial charge < -0.3 is 4.42 Å². The van der Waals surface area contributed by atoms with E-state index < -0.39 is 15.8 Å². The van der Waals surface area contributed by atoms with Crippen molar-refractivity contribution in [2.24, 2.45) is 0 Å². The molecule has 0 aliphatic rings. The van der Waals surface area contributed by atoms with Crippen molar-refractivity contribution >= 4 is 10.0 Å². The van der Waals surface area contributed by atoms with Crippen LogP contribution in [0.4, 0.5) is 4.39 Å². The van der Waals surface area contributed by atoms with E-state index in [1.807, 2.05) is 31.2 Å². The molecule has 1 aromatic heterocycles. The molecule has 0 saturated carbocycles. The molecular weight excluding hydrogens is 345 g/mol. The summed E-state index contributed by atoms with van der Waals surface area (Å²) in [7, 11) is -3.81. The molecule has 0 atom stereocenters. The molecule has 3 rings (SSSR count). The summed E-state index contributed by atoms with van der Waals surface area (Å²) in [4.78, 5) is 0.00698. The molecule has 0 aliphatic carbocycles. The van der Waals surface area contributed by atoms with Crippen LogP contribution in [0, 0.1) is 19.7 Å². The van der Waals surface area contributed by atoms with E-state index in [-0.39, 0.29) is 17.3 Å². The van der Waals surface area contributed by atoms with E-state index >= 15 is 0 Å². The van der Waals surface area contributed by atoms with Gasteiger partial charge in [-0.2, -0.15) is 0 Å². The highest BCUT2D eigenvalue weighted by Crippen LogP contribution is 2.22. The van der Waals surface area contributed by atoms with Gasteiger partial charge in [0.25, 0.3) is 0 Å². The Bertz CT molecular complexity index is 1020. The van der Waals surface area contributed by atoms with Crippen LogP contribution in [0.15, 0.2) is 51.8 Å². The summed E-state index contributed by atoms with van der Waals surface area (Å²) < 4.78 is 45.7. The van der Waals surface area contributed by atoms with Crippen LogP contribution in [0.5, 0.6) is 0 Å². The van der Waals surface area contributed by atoms with Gasteiger partial charge in [0.1, 0.15) is 5.82 Å². The first-order valence-corrected chi connectivity index (χ1v) is 8.99. The summed E-state index contributed by atoms with van der Waals surface area (Å²) >= 11 is 0. The normalized spacial score (nSPS) is 11.6. The van der Waals surface area contributed by atoms with Crippen molar-refractivity contribution in [3.63, 3.8) is 0 Å². The van der Waals surface area contributed by atoms with Crippen molar-refractivity contribution in [1.29, 1.82) is 0 Å². The number of hydrogen-bond donors (Lipinski definition) is 1. The van der Waals surface area contributed by atoms with E-state index in [0.29, 0.717) is 11.5 Å². The van der Waals surface area contributed by atoms with Crippen LogP contribution in [0.3, 0.4) is 0 Å². The maximum Gasteiger partial charge on any atom is 0.248 e. The predicted octanol–water partition coefficient (Wildman–Crippen LogP) is 2.97. The number of halogens is 1. The summed E-state index contributed by atoms with van der Waals surface area (Å²) in [5.41, 5.74) is 2.08. The minimum atomic E-state index is -3.81. The fraction of sp³-hybridized carbons (Fsp3) is 0.176. The average molecular weight is 361 g/mol. The number of benzene rings is 2. The van der Waals surface area contributed by atoms with E-state index in [1.165, 1.54) is 13.0 Å². The van der Waals surface area contributed by atoms with Gasteiger partial charge in [-0.05, 0) is 49.2 Å². The Kier molecular flexibility index (Phi) is 4.65. The van der Waals surface area contributed by atoms with Gasteiger partial charge in [0.15, 0.2) is 0 Å². The summed E-state index contributed by atoms with van der Waals surface area (Å²) in [6.07, 6.45) is 0. The molecule has 3 aromatic rings. The van der Waals surface area contributed by atoms with Gasteiger partial charge >= 0.3 is 0 Å². The lowest BCUT2D eigenvalue weighted by molar-refractivity contribution is 0.494. The van der Waals surface area contributed by atoms with Crippen LogP contribution >= 0.6 is 0 Å². The Morgan fingerprint density at radius 3 is 2.56 bits per heavy atom. The number of nitrogens with zero attached hydrogens (tertiary/aromatic N) is 2. The highest BCUT2D eigenvalue weighted by atomic mass is 32.2. The molecule has 6 nitrogen and oxygen atoms in total. The molecule has 0 aliphatic heterocycles. The molecule has 0 saturated heterocycles. The van der Waals surface area contributed by atoms with Gasteiger partial charge in [-0.15, -0.1) is 10.2 Å². The molecule has 0 fully saturated rings. The summed E-state index contributed by atoms with van der Waals surface area (Å²) in [6, 6.07) is 11.0. The van der Waals surface area contributed by atoms with Crippen molar-refractivity contribution in [1.82, 2.24) is 14.9 Å². The largest absolute Gasteiger partial charge is 0.419 e. The Balaban J connectivity index is 1.77. The second kappa shape index (κ2) is 6.73. The third kappa shape index (κ3) is 3.75. The van der Waals surface area contributed by atoms with Crippen molar-refractivity contribution in [3.05, 3.63) is 65.3 Å². The first kappa shape index (κ1) is 17.2. The lowest BCUT2D eigenvalue weighted by Gasteiger charge is -2.07. The minimum Gasteiger partial charge on any atom is -0.419 e. The number of hydrogen-bond acceptors (Lipinski definition) is 5. The lowest BCUT2D eigenvalue weighted by atomic mass is 10.1. The first-order chi connectivity index (χ1) is 11.9. The van der Waals surface area contributed by atoms with Crippen LogP contribution in [-0.4, -0.2) is 18.6 Å². The molecule has 0 bridgehead atoms. The highest BCUT2D eigenvalue weighted by Gasteiger charge is 2.19. The van der Waals surface area contributed by atoms with Gasteiger partial charge in [0, 0.05) is 5.56 Å². The Morgan fingerprint density at radius 2 is 1.84 bits per heavy atom. The first-order valence-electron chi connectivity index (χ1n) is 7.51. The Morgan fingerprint density at radius 1 is 1.08 bits per heavy atom. The molecular formula is C17H16FN3O3S. The average Bonchev–Trinajstić information content (AvgIpc) is 3.02. The number of aryl methyl sites for hydroxylation is 2. The van der Waals surface area contributed by atoms with E-state index in [9.17, 15) is 12.8 Å². The van der Waals surface area contributed by atoms with Gasteiger partial charge in [-0.25, -0.2) is 17.5 Å². The second-order valence-electron chi connectivity index (χ2n) is 5.55. The van der Waals surface area contributed by atoms with Crippen LogP contribution in [0.1, 0.15) is 17.0 Å². The molecule has 0 unspecified atom stereocenters. The molecule has 2 aromatic carbocycles. The summed E-state index contributed by atoms with van der Waals surface area (Å²) in [5, 5.41) is 7.81. The van der Waals surface area contributed by atoms with Crippen molar-refractivity contribution in [3.8, 4) is 11.5 Å². The van der Waals surface area contributed by atoms with E-state index in [2.05, 4.69) is 14.9 Å². The monoisotopic (exact) mass is 361 g/mol. The third-order valence-corrected chi connectivity index (χ3v) is 5.24. The number of aromatic nitrogens is 2. The third-order valence-electron chi connectivity index (χ3n) is 3.68. The Hall–Kier alpha value is -2.58.